The van der Waals surface area contributed by atoms with Gasteiger partial charge >= 0.3 is 7.82 Å². The Bertz CT molecular complexity index is 265. The summed E-state index contributed by atoms with van der Waals surface area (Å²) in [5.74, 6) is 0.860. The average molecular weight is 322 g/mol. The second kappa shape index (κ2) is 13.8. The van der Waals surface area contributed by atoms with Crippen molar-refractivity contribution in [3.05, 3.63) is 0 Å². The second-order valence-corrected chi connectivity index (χ2v) is 7.43. The van der Waals surface area contributed by atoms with Crippen LogP contribution in [0.15, 0.2) is 0 Å². The minimum absolute atomic E-state index is 0.166. The lowest BCUT2D eigenvalue weighted by Crippen LogP contribution is -1.95. The van der Waals surface area contributed by atoms with E-state index in [1.807, 2.05) is 0 Å². The summed E-state index contributed by atoms with van der Waals surface area (Å²) in [6.07, 6.45) is 14.8. The van der Waals surface area contributed by atoms with Crippen LogP contribution in [0.3, 0.4) is 0 Å². The van der Waals surface area contributed by atoms with E-state index < -0.39 is 7.82 Å². The number of hydrogen-bond acceptors (Lipinski definition) is 2. The normalized spacial score (nSPS) is 13.5. The van der Waals surface area contributed by atoms with Gasteiger partial charge in [0.15, 0.2) is 0 Å². The number of hydrogen-bond donors (Lipinski definition) is 2. The zero-order valence-electron chi connectivity index (χ0n) is 13.9. The van der Waals surface area contributed by atoms with Crippen molar-refractivity contribution >= 4 is 7.82 Å². The van der Waals surface area contributed by atoms with Gasteiger partial charge in [0.25, 0.3) is 0 Å². The molecule has 0 fully saturated rings. The van der Waals surface area contributed by atoms with Crippen molar-refractivity contribution in [2.45, 2.75) is 90.9 Å². The fourth-order valence-corrected chi connectivity index (χ4v) is 2.92. The van der Waals surface area contributed by atoms with Gasteiger partial charge in [-0.2, -0.15) is 0 Å². The highest BCUT2D eigenvalue weighted by Crippen LogP contribution is 2.35. The maximum atomic E-state index is 10.5. The minimum atomic E-state index is -4.26. The zero-order valence-corrected chi connectivity index (χ0v) is 14.8. The molecule has 1 atom stereocenters. The van der Waals surface area contributed by atoms with E-state index in [4.69, 9.17) is 9.79 Å². The van der Waals surface area contributed by atoms with Crippen LogP contribution >= 0.6 is 7.82 Å². The van der Waals surface area contributed by atoms with E-state index in [1.54, 1.807) is 0 Å². The van der Waals surface area contributed by atoms with E-state index in [0.717, 1.165) is 25.2 Å². The molecular weight excluding hydrogens is 287 g/mol. The quantitative estimate of drug-likeness (QED) is 0.311. The predicted molar refractivity (Wildman–Crippen MR) is 88.2 cm³/mol. The molecule has 2 N–H and O–H groups in total. The molecule has 0 saturated carbocycles. The highest BCUT2D eigenvalue weighted by atomic mass is 31.2. The maximum Gasteiger partial charge on any atom is 0.469 e. The summed E-state index contributed by atoms with van der Waals surface area (Å²) >= 11 is 0. The van der Waals surface area contributed by atoms with E-state index in [0.29, 0.717) is 0 Å². The van der Waals surface area contributed by atoms with Crippen molar-refractivity contribution in [3.63, 3.8) is 0 Å². The van der Waals surface area contributed by atoms with Gasteiger partial charge in [0.1, 0.15) is 0 Å². The largest absolute Gasteiger partial charge is 0.469 e. The van der Waals surface area contributed by atoms with Gasteiger partial charge in [-0.25, -0.2) is 4.57 Å². The first-order valence-corrected chi connectivity index (χ1v) is 10.2. The summed E-state index contributed by atoms with van der Waals surface area (Å²) in [6.45, 7) is 4.78. The van der Waals surface area contributed by atoms with Gasteiger partial charge < -0.3 is 9.79 Å². The van der Waals surface area contributed by atoms with Gasteiger partial charge in [-0.05, 0) is 12.3 Å². The summed E-state index contributed by atoms with van der Waals surface area (Å²) in [5.41, 5.74) is 0. The van der Waals surface area contributed by atoms with E-state index >= 15 is 0 Å². The van der Waals surface area contributed by atoms with Crippen molar-refractivity contribution in [2.75, 3.05) is 6.61 Å². The van der Waals surface area contributed by atoms with Crippen LogP contribution in [-0.4, -0.2) is 16.4 Å². The molecule has 0 rings (SSSR count). The number of unbranched alkanes of at least 4 members (excludes halogenated alkanes) is 8. The Labute approximate surface area is 130 Å². The molecule has 0 aliphatic carbocycles. The Morgan fingerprint density at radius 1 is 0.857 bits per heavy atom. The smallest absolute Gasteiger partial charge is 0.303 e. The van der Waals surface area contributed by atoms with Crippen molar-refractivity contribution in [1.29, 1.82) is 0 Å². The first-order chi connectivity index (χ1) is 9.95. The van der Waals surface area contributed by atoms with Crippen LogP contribution in [0.25, 0.3) is 0 Å². The standard InChI is InChI=1S/C16H35O4P/c1-3-4-5-10-13-16(2)14-11-8-6-7-9-12-15-20-21(17,18)19/h16H,3-15H2,1-2H3,(H2,17,18,19). The summed E-state index contributed by atoms with van der Waals surface area (Å²) in [6, 6.07) is 0. The third-order valence-corrected chi connectivity index (χ3v) is 4.42. The lowest BCUT2D eigenvalue weighted by molar-refractivity contribution is 0.193. The monoisotopic (exact) mass is 322 g/mol. The molecule has 4 nitrogen and oxygen atoms in total. The summed E-state index contributed by atoms with van der Waals surface area (Å²) in [4.78, 5) is 17.0. The molecule has 0 aliphatic rings. The van der Waals surface area contributed by atoms with Crippen LogP contribution in [0.2, 0.25) is 0 Å². The minimum Gasteiger partial charge on any atom is -0.303 e. The van der Waals surface area contributed by atoms with Crippen LogP contribution in [0, 0.1) is 5.92 Å². The molecule has 5 heteroatoms. The van der Waals surface area contributed by atoms with Gasteiger partial charge in [0.2, 0.25) is 0 Å². The Morgan fingerprint density at radius 2 is 1.33 bits per heavy atom. The van der Waals surface area contributed by atoms with Gasteiger partial charge in [-0.15, -0.1) is 0 Å². The van der Waals surface area contributed by atoms with Gasteiger partial charge in [-0.3, -0.25) is 4.52 Å². The number of phosphoric acid groups is 1. The third kappa shape index (κ3) is 18.1. The zero-order chi connectivity index (χ0) is 16.0. The van der Waals surface area contributed by atoms with Gasteiger partial charge in [-0.1, -0.05) is 84.5 Å². The Hall–Kier alpha value is 0.110. The molecule has 0 saturated heterocycles. The van der Waals surface area contributed by atoms with E-state index in [2.05, 4.69) is 18.4 Å². The first-order valence-electron chi connectivity index (χ1n) is 8.65. The van der Waals surface area contributed by atoms with Crippen molar-refractivity contribution in [3.8, 4) is 0 Å². The highest BCUT2D eigenvalue weighted by Gasteiger charge is 2.12. The molecule has 1 unspecified atom stereocenters. The van der Waals surface area contributed by atoms with E-state index in [1.165, 1.54) is 57.8 Å². The molecule has 128 valence electrons. The molecule has 0 aromatic carbocycles. The molecule has 0 aromatic rings. The molecule has 21 heavy (non-hydrogen) atoms. The fraction of sp³-hybridized carbons (Fsp3) is 1.00. The van der Waals surface area contributed by atoms with E-state index in [-0.39, 0.29) is 6.61 Å². The summed E-state index contributed by atoms with van der Waals surface area (Å²) in [5, 5.41) is 0. The Balaban J connectivity index is 3.19. The number of phosphoric ester groups is 1. The molecule has 0 spiro atoms. The molecule has 0 radical (unpaired) electrons. The first kappa shape index (κ1) is 21.1. The molecule has 0 heterocycles. The third-order valence-electron chi connectivity index (χ3n) is 3.90. The number of rotatable bonds is 15. The van der Waals surface area contributed by atoms with E-state index in [9.17, 15) is 4.57 Å². The molecule has 0 aromatic heterocycles. The lowest BCUT2D eigenvalue weighted by atomic mass is 9.96. The summed E-state index contributed by atoms with van der Waals surface area (Å²) < 4.78 is 14.9. The van der Waals surface area contributed by atoms with Crippen LogP contribution in [-0.2, 0) is 9.09 Å². The van der Waals surface area contributed by atoms with Crippen molar-refractivity contribution in [1.82, 2.24) is 0 Å². The molecule has 0 bridgehead atoms. The van der Waals surface area contributed by atoms with Gasteiger partial charge in [0.05, 0.1) is 6.61 Å². The SMILES string of the molecule is CCCCCCC(C)CCCCCCCCOP(=O)(O)O. The molecular formula is C16H35O4P. The van der Waals surface area contributed by atoms with Crippen LogP contribution in [0.1, 0.15) is 90.9 Å². The Morgan fingerprint density at radius 3 is 1.86 bits per heavy atom. The summed E-state index contributed by atoms with van der Waals surface area (Å²) in [7, 11) is -4.26. The fourth-order valence-electron chi connectivity index (χ4n) is 2.55. The second-order valence-electron chi connectivity index (χ2n) is 6.19. The molecule has 0 amide bonds. The van der Waals surface area contributed by atoms with Crippen LogP contribution in [0.4, 0.5) is 0 Å². The molecule has 0 aliphatic heterocycles. The Kier molecular flexibility index (Phi) is 13.8. The van der Waals surface area contributed by atoms with Crippen LogP contribution < -0.4 is 0 Å². The lowest BCUT2D eigenvalue weighted by Gasteiger charge is -2.10. The average Bonchev–Trinajstić information content (AvgIpc) is 2.40. The van der Waals surface area contributed by atoms with Crippen molar-refractivity contribution < 1.29 is 18.9 Å². The van der Waals surface area contributed by atoms with Crippen molar-refractivity contribution in [2.24, 2.45) is 5.92 Å². The van der Waals surface area contributed by atoms with Gasteiger partial charge in [0, 0.05) is 0 Å². The maximum absolute atomic E-state index is 10.5. The van der Waals surface area contributed by atoms with Crippen LogP contribution in [0.5, 0.6) is 0 Å². The topological polar surface area (TPSA) is 66.8 Å². The predicted octanol–water partition coefficient (Wildman–Crippen LogP) is 5.43. The highest BCUT2D eigenvalue weighted by molar-refractivity contribution is 7.46.